The summed E-state index contributed by atoms with van der Waals surface area (Å²) in [7, 11) is 0. The van der Waals surface area contributed by atoms with Crippen LogP contribution in [0.3, 0.4) is 0 Å². The summed E-state index contributed by atoms with van der Waals surface area (Å²) in [4.78, 5) is 8.93. The predicted octanol–water partition coefficient (Wildman–Crippen LogP) is 4.12. The average molecular weight is 224 g/mol. The Labute approximate surface area is 101 Å². The fraction of sp³-hybridized carbons (Fsp3) is 0.200. The molecule has 3 aromatic rings. The number of hydrogen-bond donors (Lipinski definition) is 0. The van der Waals surface area contributed by atoms with Gasteiger partial charge in [0.2, 0.25) is 0 Å². The molecule has 17 heavy (non-hydrogen) atoms. The minimum absolute atomic E-state index is 0.985. The van der Waals surface area contributed by atoms with Crippen molar-refractivity contribution in [3.05, 3.63) is 48.3 Å². The Morgan fingerprint density at radius 2 is 1.47 bits per heavy atom. The molecule has 0 amide bonds. The van der Waals surface area contributed by atoms with Crippen LogP contribution in [-0.4, -0.2) is 9.97 Å². The number of pyridine rings is 2. The van der Waals surface area contributed by atoms with Crippen molar-refractivity contribution in [3.63, 3.8) is 0 Å². The summed E-state index contributed by atoms with van der Waals surface area (Å²) in [6.07, 6.45) is 1.81. The highest BCUT2D eigenvalue weighted by molar-refractivity contribution is 6.02. The maximum atomic E-state index is 4.54. The number of fused-ring (bicyclic) bond motifs is 3. The summed E-state index contributed by atoms with van der Waals surface area (Å²) in [6, 6.07) is 12.3. The molecule has 2 heteroatoms. The van der Waals surface area contributed by atoms with E-state index in [1.165, 1.54) is 0 Å². The molecule has 0 fully saturated rings. The van der Waals surface area contributed by atoms with Gasteiger partial charge in [0.25, 0.3) is 0 Å². The zero-order chi connectivity index (χ0) is 12.3. The van der Waals surface area contributed by atoms with Crippen LogP contribution < -0.4 is 0 Å². The minimum atomic E-state index is 0.985. The van der Waals surface area contributed by atoms with Gasteiger partial charge < -0.3 is 0 Å². The number of hydrogen-bond acceptors (Lipinski definition) is 2. The van der Waals surface area contributed by atoms with Crippen molar-refractivity contribution in [2.75, 3.05) is 0 Å². The third-order valence-electron chi connectivity index (χ3n) is 2.57. The van der Waals surface area contributed by atoms with Gasteiger partial charge in [0.15, 0.2) is 0 Å². The van der Waals surface area contributed by atoms with E-state index < -0.39 is 0 Å². The quantitative estimate of drug-likeness (QED) is 0.537. The predicted molar refractivity (Wildman–Crippen MR) is 73.1 cm³/mol. The molecule has 1 aromatic carbocycles. The second-order valence-corrected chi connectivity index (χ2v) is 3.67. The molecule has 3 rings (SSSR count). The molecule has 0 saturated heterocycles. The number of benzene rings is 1. The van der Waals surface area contributed by atoms with E-state index >= 15 is 0 Å². The third kappa shape index (κ3) is 2.11. The molecule has 86 valence electrons. The van der Waals surface area contributed by atoms with Crippen LogP contribution in [0.2, 0.25) is 0 Å². The lowest BCUT2D eigenvalue weighted by atomic mass is 10.1. The summed E-state index contributed by atoms with van der Waals surface area (Å²) in [5.41, 5.74) is 3.01. The smallest absolute Gasteiger partial charge is 0.0967 e. The third-order valence-corrected chi connectivity index (χ3v) is 2.57. The molecular weight excluding hydrogens is 208 g/mol. The van der Waals surface area contributed by atoms with Gasteiger partial charge in [-0.05, 0) is 19.1 Å². The molecule has 2 heterocycles. The van der Waals surface area contributed by atoms with Crippen LogP contribution in [0.1, 0.15) is 19.5 Å². The molecule has 0 aliphatic rings. The van der Waals surface area contributed by atoms with Crippen molar-refractivity contribution in [1.82, 2.24) is 9.97 Å². The molecule has 0 radical (unpaired) electrons. The van der Waals surface area contributed by atoms with E-state index in [2.05, 4.69) is 34.2 Å². The Hall–Kier alpha value is -1.96. The molecule has 2 nitrogen and oxygen atoms in total. The van der Waals surface area contributed by atoms with E-state index in [0.29, 0.717) is 0 Å². The van der Waals surface area contributed by atoms with Crippen molar-refractivity contribution in [2.45, 2.75) is 20.8 Å². The summed E-state index contributed by atoms with van der Waals surface area (Å²) >= 11 is 0. The first kappa shape index (κ1) is 11.5. The van der Waals surface area contributed by atoms with Crippen LogP contribution in [0.25, 0.3) is 21.8 Å². The Morgan fingerprint density at radius 1 is 0.824 bits per heavy atom. The van der Waals surface area contributed by atoms with Gasteiger partial charge in [0.1, 0.15) is 0 Å². The van der Waals surface area contributed by atoms with Gasteiger partial charge >= 0.3 is 0 Å². The highest BCUT2D eigenvalue weighted by atomic mass is 14.7. The maximum Gasteiger partial charge on any atom is 0.0967 e. The Morgan fingerprint density at radius 3 is 2.24 bits per heavy atom. The molecule has 0 bridgehead atoms. The molecule has 2 aromatic heterocycles. The molecule has 0 unspecified atom stereocenters. The van der Waals surface area contributed by atoms with Crippen LogP contribution in [0.4, 0.5) is 0 Å². The summed E-state index contributed by atoms with van der Waals surface area (Å²) in [5.74, 6) is 0. The fourth-order valence-electron chi connectivity index (χ4n) is 1.82. The molecule has 0 N–H and O–H groups in total. The van der Waals surface area contributed by atoms with Crippen molar-refractivity contribution in [2.24, 2.45) is 0 Å². The van der Waals surface area contributed by atoms with E-state index in [1.807, 2.05) is 39.1 Å². The van der Waals surface area contributed by atoms with Gasteiger partial charge in [-0.15, -0.1) is 0 Å². The lowest BCUT2D eigenvalue weighted by Gasteiger charge is -2.02. The Kier molecular flexibility index (Phi) is 3.33. The lowest BCUT2D eigenvalue weighted by molar-refractivity contribution is 1.25. The lowest BCUT2D eigenvalue weighted by Crippen LogP contribution is -1.86. The normalized spacial score (nSPS) is 10.1. The highest BCUT2D eigenvalue weighted by Gasteiger charge is 2.01. The van der Waals surface area contributed by atoms with Crippen molar-refractivity contribution in [1.29, 1.82) is 0 Å². The van der Waals surface area contributed by atoms with Gasteiger partial charge in [-0.2, -0.15) is 0 Å². The summed E-state index contributed by atoms with van der Waals surface area (Å²) < 4.78 is 0. The number of aromatic nitrogens is 2. The highest BCUT2D eigenvalue weighted by Crippen LogP contribution is 2.21. The molecule has 0 aliphatic heterocycles. The zero-order valence-corrected chi connectivity index (χ0v) is 10.4. The standard InChI is InChI=1S/C13H10N2.C2H6/c1-9-4-5-11-7-6-10-3-2-8-14-12(10)13(11)15-9;1-2/h2-8H,1H3;1-2H3. The first-order valence-electron chi connectivity index (χ1n) is 5.96. The maximum absolute atomic E-state index is 4.54. The van der Waals surface area contributed by atoms with Crippen LogP contribution >= 0.6 is 0 Å². The zero-order valence-electron chi connectivity index (χ0n) is 10.4. The van der Waals surface area contributed by atoms with E-state index in [0.717, 1.165) is 27.5 Å². The van der Waals surface area contributed by atoms with Crippen LogP contribution in [-0.2, 0) is 0 Å². The fourth-order valence-corrected chi connectivity index (χ4v) is 1.82. The number of rotatable bonds is 0. The van der Waals surface area contributed by atoms with Gasteiger partial charge in [0, 0.05) is 22.7 Å². The summed E-state index contributed by atoms with van der Waals surface area (Å²) in [6.45, 7) is 6.00. The molecule has 0 saturated carbocycles. The van der Waals surface area contributed by atoms with Gasteiger partial charge in [-0.3, -0.25) is 9.97 Å². The number of aryl methyl sites for hydroxylation is 1. The Bertz CT molecular complexity index is 645. The molecule has 0 aliphatic carbocycles. The van der Waals surface area contributed by atoms with Crippen molar-refractivity contribution in [3.8, 4) is 0 Å². The molecule has 0 spiro atoms. The number of nitrogens with zero attached hydrogens (tertiary/aromatic N) is 2. The second kappa shape index (κ2) is 4.91. The Balaban J connectivity index is 0.000000514. The largest absolute Gasteiger partial charge is 0.254 e. The SMILES string of the molecule is CC.Cc1ccc2ccc3cccnc3c2n1. The second-order valence-electron chi connectivity index (χ2n) is 3.67. The van der Waals surface area contributed by atoms with Crippen LogP contribution in [0.5, 0.6) is 0 Å². The average Bonchev–Trinajstić information content (AvgIpc) is 2.41. The summed E-state index contributed by atoms with van der Waals surface area (Å²) in [5, 5.41) is 2.29. The van der Waals surface area contributed by atoms with Crippen LogP contribution in [0.15, 0.2) is 42.6 Å². The van der Waals surface area contributed by atoms with E-state index in [4.69, 9.17) is 0 Å². The minimum Gasteiger partial charge on any atom is -0.254 e. The van der Waals surface area contributed by atoms with E-state index in [-0.39, 0.29) is 0 Å². The van der Waals surface area contributed by atoms with Crippen LogP contribution in [0, 0.1) is 6.92 Å². The first-order chi connectivity index (χ1) is 8.34. The van der Waals surface area contributed by atoms with Gasteiger partial charge in [-0.1, -0.05) is 38.1 Å². The molecular formula is C15H16N2. The van der Waals surface area contributed by atoms with E-state index in [9.17, 15) is 0 Å². The molecule has 0 atom stereocenters. The van der Waals surface area contributed by atoms with Crippen molar-refractivity contribution >= 4 is 21.8 Å². The van der Waals surface area contributed by atoms with Gasteiger partial charge in [0.05, 0.1) is 11.0 Å². The van der Waals surface area contributed by atoms with Gasteiger partial charge in [-0.25, -0.2) is 0 Å². The first-order valence-corrected chi connectivity index (χ1v) is 5.96. The van der Waals surface area contributed by atoms with Crippen molar-refractivity contribution < 1.29 is 0 Å². The topological polar surface area (TPSA) is 25.8 Å². The van der Waals surface area contributed by atoms with E-state index in [1.54, 1.807) is 0 Å². The monoisotopic (exact) mass is 224 g/mol.